The van der Waals surface area contributed by atoms with Crippen molar-refractivity contribution in [1.29, 1.82) is 0 Å². The maximum absolute atomic E-state index is 11.0. The van der Waals surface area contributed by atoms with Crippen LogP contribution in [0.2, 0.25) is 0 Å². The van der Waals surface area contributed by atoms with Crippen LogP contribution >= 0.6 is 12.2 Å². The van der Waals surface area contributed by atoms with Crippen LogP contribution in [0.15, 0.2) is 4.99 Å². The van der Waals surface area contributed by atoms with Crippen molar-refractivity contribution in [3.05, 3.63) is 0 Å². The van der Waals surface area contributed by atoms with Gasteiger partial charge in [0, 0.05) is 6.92 Å². The number of hydrogen-bond acceptors (Lipinski definition) is 7. The lowest BCUT2D eigenvalue weighted by molar-refractivity contribution is -0.192. The molecule has 0 aromatic carbocycles. The molecule has 5 atom stereocenters. The molecule has 0 saturated carbocycles. The summed E-state index contributed by atoms with van der Waals surface area (Å²) in [6.07, 6.45) is -4.57. The molecule has 1 aliphatic rings. The maximum atomic E-state index is 11.0. The van der Waals surface area contributed by atoms with Gasteiger partial charge in [-0.3, -0.25) is 4.79 Å². The number of carbonyl (C=O) groups is 1. The fraction of sp³-hybridized carbons (Fsp3) is 0.778. The summed E-state index contributed by atoms with van der Waals surface area (Å²) in [6, 6.07) is -0.930. The van der Waals surface area contributed by atoms with Crippen LogP contribution in [-0.4, -0.2) is 63.6 Å². The van der Waals surface area contributed by atoms with Gasteiger partial charge in [-0.2, -0.15) is 4.99 Å². The number of rotatable bonds is 3. The number of thiocarbonyl (C=S) groups is 1. The van der Waals surface area contributed by atoms with E-state index in [4.69, 9.17) is 9.84 Å². The Bertz CT molecular complexity index is 333. The number of aliphatic hydroxyl groups is 3. The van der Waals surface area contributed by atoms with Gasteiger partial charge in [-0.1, -0.05) is 0 Å². The highest BCUT2D eigenvalue weighted by Crippen LogP contribution is 2.21. The van der Waals surface area contributed by atoms with Crippen molar-refractivity contribution in [2.75, 3.05) is 6.61 Å². The summed E-state index contributed by atoms with van der Waals surface area (Å²) in [4.78, 5) is 14.6. The number of aliphatic imine (C=N–C) groups is 1. The van der Waals surface area contributed by atoms with Gasteiger partial charge < -0.3 is 25.4 Å². The SMILES string of the molecule is CC(=O)N[C@@H]1[C@@H](O)[C@H](O)[C@H](CO)O[C@@H]1N=C=S. The molecule has 1 aliphatic heterocycles. The van der Waals surface area contributed by atoms with E-state index in [0.717, 1.165) is 0 Å². The molecule has 0 spiro atoms. The van der Waals surface area contributed by atoms with Gasteiger partial charge in [0.2, 0.25) is 5.91 Å². The van der Waals surface area contributed by atoms with Gasteiger partial charge >= 0.3 is 0 Å². The molecule has 17 heavy (non-hydrogen) atoms. The molecule has 8 heteroatoms. The summed E-state index contributed by atoms with van der Waals surface area (Å²) in [5, 5.41) is 32.9. The first-order valence-corrected chi connectivity index (χ1v) is 5.38. The number of hydrogen-bond donors (Lipinski definition) is 4. The molecule has 1 saturated heterocycles. The molecule has 0 aromatic rings. The number of nitrogens with one attached hydrogen (secondary N) is 1. The maximum Gasteiger partial charge on any atom is 0.217 e. The largest absolute Gasteiger partial charge is 0.394 e. The van der Waals surface area contributed by atoms with Gasteiger partial charge in [0.1, 0.15) is 24.4 Å². The molecule has 96 valence electrons. The minimum atomic E-state index is -1.31. The predicted molar refractivity (Wildman–Crippen MR) is 60.4 cm³/mol. The minimum absolute atomic E-state index is 0.406. The highest BCUT2D eigenvalue weighted by Gasteiger charge is 2.44. The molecule has 0 unspecified atom stereocenters. The van der Waals surface area contributed by atoms with Gasteiger partial charge in [0.05, 0.1) is 11.8 Å². The summed E-state index contributed by atoms with van der Waals surface area (Å²) in [6.45, 7) is 0.782. The normalized spacial score (nSPS) is 37.1. The second-order valence-corrected chi connectivity index (χ2v) is 3.86. The van der Waals surface area contributed by atoms with E-state index >= 15 is 0 Å². The topological polar surface area (TPSA) is 111 Å². The first kappa shape index (κ1) is 14.2. The molecule has 1 heterocycles. The predicted octanol–water partition coefficient (Wildman–Crippen LogP) is -1.97. The third-order valence-corrected chi connectivity index (χ3v) is 2.56. The quantitative estimate of drug-likeness (QED) is 0.347. The van der Waals surface area contributed by atoms with E-state index in [2.05, 4.69) is 27.7 Å². The molecule has 1 fully saturated rings. The van der Waals surface area contributed by atoms with Crippen molar-refractivity contribution in [2.24, 2.45) is 4.99 Å². The van der Waals surface area contributed by atoms with Crippen molar-refractivity contribution in [2.45, 2.75) is 37.5 Å². The Balaban J connectivity index is 2.90. The summed E-state index contributed by atoms with van der Waals surface area (Å²) in [7, 11) is 0. The van der Waals surface area contributed by atoms with Gasteiger partial charge in [0.25, 0.3) is 0 Å². The first-order chi connectivity index (χ1) is 8.01. The van der Waals surface area contributed by atoms with Gasteiger partial charge in [-0.25, -0.2) is 0 Å². The van der Waals surface area contributed by atoms with Crippen molar-refractivity contribution in [3.63, 3.8) is 0 Å². The zero-order valence-electron chi connectivity index (χ0n) is 9.11. The molecule has 1 rings (SSSR count). The number of ether oxygens (including phenoxy) is 1. The molecule has 0 aromatic heterocycles. The number of aliphatic hydroxyl groups excluding tert-OH is 3. The van der Waals surface area contributed by atoms with Gasteiger partial charge in [0.15, 0.2) is 6.23 Å². The highest BCUT2D eigenvalue weighted by molar-refractivity contribution is 7.78. The van der Waals surface area contributed by atoms with E-state index < -0.39 is 43.1 Å². The Kier molecular flexibility index (Phi) is 5.13. The van der Waals surface area contributed by atoms with Gasteiger partial charge in [-0.15, -0.1) is 0 Å². The van der Waals surface area contributed by atoms with Crippen LogP contribution in [0.1, 0.15) is 6.92 Å². The lowest BCUT2D eigenvalue weighted by atomic mass is 9.96. The summed E-state index contributed by atoms with van der Waals surface area (Å²) >= 11 is 4.43. The Labute approximate surface area is 103 Å². The van der Waals surface area contributed by atoms with E-state index in [1.807, 2.05) is 0 Å². The lowest BCUT2D eigenvalue weighted by Gasteiger charge is -2.40. The molecule has 7 nitrogen and oxygen atoms in total. The first-order valence-electron chi connectivity index (χ1n) is 4.97. The van der Waals surface area contributed by atoms with E-state index in [0.29, 0.717) is 0 Å². The van der Waals surface area contributed by atoms with Crippen LogP contribution in [0.5, 0.6) is 0 Å². The Hall–Kier alpha value is -0.890. The summed E-state index contributed by atoms with van der Waals surface area (Å²) < 4.78 is 5.20. The standard InChI is InChI=1S/C9H14N2O5S/c1-4(13)11-6-8(15)7(14)5(2-12)16-9(6)10-3-17/h5-9,12,14-15H,2H2,1H3,(H,11,13)/t5-,6+,7+,8+,9-/m0/s1. The molecule has 0 bridgehead atoms. The van der Waals surface area contributed by atoms with Crippen LogP contribution in [0.3, 0.4) is 0 Å². The van der Waals surface area contributed by atoms with Crippen LogP contribution < -0.4 is 5.32 Å². The molecule has 4 N–H and O–H groups in total. The third-order valence-electron chi connectivity index (χ3n) is 2.45. The Morgan fingerprint density at radius 1 is 1.53 bits per heavy atom. The molecular weight excluding hydrogens is 248 g/mol. The van der Waals surface area contributed by atoms with E-state index in [-0.39, 0.29) is 0 Å². The van der Waals surface area contributed by atoms with Gasteiger partial charge in [-0.05, 0) is 12.2 Å². The second kappa shape index (κ2) is 6.15. The van der Waals surface area contributed by atoms with E-state index in [1.54, 1.807) is 0 Å². The van der Waals surface area contributed by atoms with Crippen LogP contribution in [0.4, 0.5) is 0 Å². The van der Waals surface area contributed by atoms with Crippen molar-refractivity contribution >= 4 is 23.3 Å². The Morgan fingerprint density at radius 2 is 2.18 bits per heavy atom. The molecule has 1 amide bonds. The molecular formula is C9H14N2O5S. The fourth-order valence-corrected chi connectivity index (χ4v) is 1.75. The van der Waals surface area contributed by atoms with Crippen molar-refractivity contribution in [1.82, 2.24) is 5.32 Å². The van der Waals surface area contributed by atoms with Crippen LogP contribution in [0.25, 0.3) is 0 Å². The Morgan fingerprint density at radius 3 is 2.65 bits per heavy atom. The fourth-order valence-electron chi connectivity index (χ4n) is 1.65. The molecule has 0 radical (unpaired) electrons. The number of nitrogens with zero attached hydrogens (tertiary/aromatic N) is 1. The lowest BCUT2D eigenvalue weighted by Crippen LogP contribution is -2.63. The van der Waals surface area contributed by atoms with Crippen LogP contribution in [-0.2, 0) is 9.53 Å². The van der Waals surface area contributed by atoms with Crippen molar-refractivity contribution in [3.8, 4) is 0 Å². The smallest absolute Gasteiger partial charge is 0.217 e. The number of carbonyl (C=O) groups excluding carboxylic acids is 1. The van der Waals surface area contributed by atoms with E-state index in [9.17, 15) is 15.0 Å². The average molecular weight is 262 g/mol. The number of isothiocyanates is 1. The van der Waals surface area contributed by atoms with E-state index in [1.165, 1.54) is 6.92 Å². The zero-order chi connectivity index (χ0) is 13.0. The number of amides is 1. The average Bonchev–Trinajstić information content (AvgIpc) is 2.28. The summed E-state index contributed by atoms with van der Waals surface area (Å²) in [5.74, 6) is -0.406. The van der Waals surface area contributed by atoms with Crippen molar-refractivity contribution < 1.29 is 24.9 Å². The minimum Gasteiger partial charge on any atom is -0.394 e. The zero-order valence-corrected chi connectivity index (χ0v) is 9.92. The molecule has 0 aliphatic carbocycles. The van der Waals surface area contributed by atoms with Crippen LogP contribution in [0, 0.1) is 0 Å². The summed E-state index contributed by atoms with van der Waals surface area (Å²) in [5.41, 5.74) is 0. The third kappa shape index (κ3) is 3.29. The monoisotopic (exact) mass is 262 g/mol. The second-order valence-electron chi connectivity index (χ2n) is 3.68. The highest BCUT2D eigenvalue weighted by atomic mass is 32.1.